The maximum Gasteiger partial charge on any atom is 0.268 e. The molecule has 1 amide bonds. The SMILES string of the molecule is CCOc1ccc(N(CC)C(=O)c2cc3cc4ccc(C)cc4nc3s2)cc1. The number of ether oxygens (including phenoxy) is 1. The topological polar surface area (TPSA) is 42.4 Å². The zero-order valence-corrected chi connectivity index (χ0v) is 17.0. The first-order valence-corrected chi connectivity index (χ1v) is 10.3. The third-order valence-electron chi connectivity index (χ3n) is 4.69. The predicted octanol–water partition coefficient (Wildman–Crippen LogP) is 5.82. The fourth-order valence-electron chi connectivity index (χ4n) is 3.31. The lowest BCUT2D eigenvalue weighted by Crippen LogP contribution is -2.29. The number of hydrogen-bond acceptors (Lipinski definition) is 4. The third kappa shape index (κ3) is 3.45. The van der Waals surface area contributed by atoms with E-state index >= 15 is 0 Å². The van der Waals surface area contributed by atoms with Gasteiger partial charge in [0.15, 0.2) is 0 Å². The van der Waals surface area contributed by atoms with Crippen molar-refractivity contribution >= 4 is 44.1 Å². The molecular weight excluding hydrogens is 368 g/mol. The minimum Gasteiger partial charge on any atom is -0.494 e. The minimum absolute atomic E-state index is 0.00473. The van der Waals surface area contributed by atoms with Crippen LogP contribution in [-0.4, -0.2) is 24.0 Å². The fraction of sp³-hybridized carbons (Fsp3) is 0.217. The van der Waals surface area contributed by atoms with Crippen LogP contribution in [-0.2, 0) is 0 Å². The third-order valence-corrected chi connectivity index (χ3v) is 5.72. The molecule has 4 rings (SSSR count). The van der Waals surface area contributed by atoms with E-state index in [1.807, 2.05) is 44.2 Å². The first-order chi connectivity index (χ1) is 13.6. The summed E-state index contributed by atoms with van der Waals surface area (Å²) in [6, 6.07) is 17.9. The quantitative estimate of drug-likeness (QED) is 0.431. The van der Waals surface area contributed by atoms with Gasteiger partial charge in [0, 0.05) is 23.0 Å². The molecule has 0 aliphatic rings. The molecule has 0 saturated heterocycles. The Kier molecular flexibility index (Phi) is 5.01. The molecule has 2 aromatic carbocycles. The van der Waals surface area contributed by atoms with Crippen LogP contribution in [0.3, 0.4) is 0 Å². The van der Waals surface area contributed by atoms with Crippen molar-refractivity contribution in [1.29, 1.82) is 0 Å². The van der Waals surface area contributed by atoms with Crippen LogP contribution in [0.25, 0.3) is 21.1 Å². The van der Waals surface area contributed by atoms with Crippen molar-refractivity contribution in [2.24, 2.45) is 0 Å². The monoisotopic (exact) mass is 390 g/mol. The van der Waals surface area contributed by atoms with Crippen molar-refractivity contribution in [3.05, 3.63) is 65.0 Å². The van der Waals surface area contributed by atoms with Crippen molar-refractivity contribution in [3.63, 3.8) is 0 Å². The van der Waals surface area contributed by atoms with E-state index in [1.54, 1.807) is 4.90 Å². The molecule has 0 fully saturated rings. The number of carbonyl (C=O) groups excluding carboxylic acids is 1. The number of anilines is 1. The molecule has 2 aromatic heterocycles. The first kappa shape index (κ1) is 18.4. The zero-order valence-electron chi connectivity index (χ0n) is 16.2. The molecule has 4 nitrogen and oxygen atoms in total. The second kappa shape index (κ2) is 7.60. The number of rotatable bonds is 5. The number of amides is 1. The Morgan fingerprint density at radius 1 is 1.04 bits per heavy atom. The van der Waals surface area contributed by atoms with E-state index in [9.17, 15) is 4.79 Å². The molecular formula is C23H22N2O2S. The number of nitrogens with zero attached hydrogens (tertiary/aromatic N) is 2. The zero-order chi connectivity index (χ0) is 19.7. The van der Waals surface area contributed by atoms with Gasteiger partial charge in [-0.1, -0.05) is 12.1 Å². The summed E-state index contributed by atoms with van der Waals surface area (Å²) in [6.07, 6.45) is 0. The number of aromatic nitrogens is 1. The second-order valence-corrected chi connectivity index (χ2v) is 7.70. The standard InChI is InChI=1S/C23H22N2O2S/c1-4-25(18-8-10-19(11-9-18)27-5-2)23(26)21-14-17-13-16-7-6-15(3)12-20(16)24-22(17)28-21/h6-14H,4-5H2,1-3H3. The summed E-state index contributed by atoms with van der Waals surface area (Å²) < 4.78 is 5.50. The van der Waals surface area contributed by atoms with Crippen LogP contribution in [0, 0.1) is 6.92 Å². The minimum atomic E-state index is -0.00473. The summed E-state index contributed by atoms with van der Waals surface area (Å²) in [6.45, 7) is 7.21. The highest BCUT2D eigenvalue weighted by molar-refractivity contribution is 7.20. The smallest absolute Gasteiger partial charge is 0.268 e. The summed E-state index contributed by atoms with van der Waals surface area (Å²) in [5.41, 5.74) is 3.01. The van der Waals surface area contributed by atoms with Gasteiger partial charge in [0.1, 0.15) is 10.6 Å². The predicted molar refractivity (Wildman–Crippen MR) is 117 cm³/mol. The van der Waals surface area contributed by atoms with Gasteiger partial charge in [-0.05, 0) is 68.8 Å². The lowest BCUT2D eigenvalue weighted by Gasteiger charge is -2.20. The molecule has 0 saturated carbocycles. The van der Waals surface area contributed by atoms with Crippen LogP contribution in [0.4, 0.5) is 5.69 Å². The van der Waals surface area contributed by atoms with Crippen LogP contribution in [0.15, 0.2) is 54.6 Å². The van der Waals surface area contributed by atoms with Crippen LogP contribution >= 0.6 is 11.3 Å². The molecule has 0 aliphatic carbocycles. The molecule has 0 radical (unpaired) electrons. The Morgan fingerprint density at radius 3 is 2.54 bits per heavy atom. The van der Waals surface area contributed by atoms with E-state index < -0.39 is 0 Å². The van der Waals surface area contributed by atoms with Crippen LogP contribution in [0.2, 0.25) is 0 Å². The molecule has 4 aromatic rings. The number of hydrogen-bond donors (Lipinski definition) is 0. The van der Waals surface area contributed by atoms with Gasteiger partial charge in [-0.25, -0.2) is 4.98 Å². The molecule has 0 unspecified atom stereocenters. The molecule has 142 valence electrons. The van der Waals surface area contributed by atoms with Gasteiger partial charge in [-0.3, -0.25) is 4.79 Å². The summed E-state index contributed by atoms with van der Waals surface area (Å²) in [5, 5.41) is 2.10. The van der Waals surface area contributed by atoms with Crippen molar-refractivity contribution in [3.8, 4) is 5.75 Å². The highest BCUT2D eigenvalue weighted by atomic mass is 32.1. The summed E-state index contributed by atoms with van der Waals surface area (Å²) >= 11 is 1.45. The van der Waals surface area contributed by atoms with Crippen molar-refractivity contribution in [1.82, 2.24) is 4.98 Å². The van der Waals surface area contributed by atoms with E-state index in [2.05, 4.69) is 31.2 Å². The highest BCUT2D eigenvalue weighted by Crippen LogP contribution is 2.30. The largest absolute Gasteiger partial charge is 0.494 e. The highest BCUT2D eigenvalue weighted by Gasteiger charge is 2.19. The Labute approximate surface area is 168 Å². The molecule has 0 bridgehead atoms. The van der Waals surface area contributed by atoms with E-state index in [0.717, 1.165) is 32.6 Å². The maximum absolute atomic E-state index is 13.2. The number of fused-ring (bicyclic) bond motifs is 2. The molecule has 0 atom stereocenters. The normalized spacial score (nSPS) is 11.1. The lowest BCUT2D eigenvalue weighted by molar-refractivity contribution is 0.0992. The van der Waals surface area contributed by atoms with Gasteiger partial charge < -0.3 is 9.64 Å². The van der Waals surface area contributed by atoms with Crippen LogP contribution in [0.1, 0.15) is 29.1 Å². The molecule has 28 heavy (non-hydrogen) atoms. The Bertz CT molecular complexity index is 1150. The van der Waals surface area contributed by atoms with E-state index in [4.69, 9.17) is 9.72 Å². The first-order valence-electron chi connectivity index (χ1n) is 9.44. The van der Waals surface area contributed by atoms with Crippen molar-refractivity contribution in [2.75, 3.05) is 18.1 Å². The molecule has 2 heterocycles. The van der Waals surface area contributed by atoms with Gasteiger partial charge in [-0.15, -0.1) is 11.3 Å². The van der Waals surface area contributed by atoms with E-state index in [0.29, 0.717) is 18.0 Å². The lowest BCUT2D eigenvalue weighted by atomic mass is 10.1. The summed E-state index contributed by atoms with van der Waals surface area (Å²) in [7, 11) is 0. The number of pyridine rings is 1. The fourth-order valence-corrected chi connectivity index (χ4v) is 4.28. The summed E-state index contributed by atoms with van der Waals surface area (Å²) in [4.78, 5) is 21.3. The van der Waals surface area contributed by atoms with Crippen molar-refractivity contribution < 1.29 is 9.53 Å². The van der Waals surface area contributed by atoms with Crippen molar-refractivity contribution in [2.45, 2.75) is 20.8 Å². The van der Waals surface area contributed by atoms with Gasteiger partial charge in [0.25, 0.3) is 5.91 Å². The second-order valence-electron chi connectivity index (χ2n) is 6.67. The Balaban J connectivity index is 1.68. The van der Waals surface area contributed by atoms with Gasteiger partial charge >= 0.3 is 0 Å². The van der Waals surface area contributed by atoms with Gasteiger partial charge in [0.05, 0.1) is 17.0 Å². The van der Waals surface area contributed by atoms with Gasteiger partial charge in [0.2, 0.25) is 0 Å². The number of thiophene rings is 1. The molecule has 0 aliphatic heterocycles. The van der Waals surface area contributed by atoms with Crippen LogP contribution in [0.5, 0.6) is 5.75 Å². The average Bonchev–Trinajstić information content (AvgIpc) is 3.11. The number of aryl methyl sites for hydroxylation is 1. The molecule has 0 N–H and O–H groups in total. The number of benzene rings is 2. The Hall–Kier alpha value is -2.92. The van der Waals surface area contributed by atoms with Gasteiger partial charge in [-0.2, -0.15) is 0 Å². The average molecular weight is 391 g/mol. The number of carbonyl (C=O) groups is 1. The molecule has 0 spiro atoms. The van der Waals surface area contributed by atoms with E-state index in [1.165, 1.54) is 16.9 Å². The van der Waals surface area contributed by atoms with E-state index in [-0.39, 0.29) is 5.91 Å². The molecule has 5 heteroatoms. The van der Waals surface area contributed by atoms with Crippen LogP contribution < -0.4 is 9.64 Å². The summed E-state index contributed by atoms with van der Waals surface area (Å²) in [5.74, 6) is 0.803. The Morgan fingerprint density at radius 2 is 1.82 bits per heavy atom. The maximum atomic E-state index is 13.2.